The van der Waals surface area contributed by atoms with Gasteiger partial charge in [-0.3, -0.25) is 14.6 Å². The highest BCUT2D eigenvalue weighted by atomic mass is 16.5. The predicted molar refractivity (Wildman–Crippen MR) is 116 cm³/mol. The quantitative estimate of drug-likeness (QED) is 0.624. The van der Waals surface area contributed by atoms with Gasteiger partial charge in [0.1, 0.15) is 5.75 Å². The summed E-state index contributed by atoms with van der Waals surface area (Å²) >= 11 is 0. The Morgan fingerprint density at radius 3 is 2.63 bits per heavy atom. The number of carbonyl (C=O) groups excluding carboxylic acids is 2. The second kappa shape index (κ2) is 9.69. The highest BCUT2D eigenvalue weighted by Crippen LogP contribution is 2.21. The summed E-state index contributed by atoms with van der Waals surface area (Å²) in [5.74, 6) is 0.0569. The Kier molecular flexibility index (Phi) is 6.80. The Balaban J connectivity index is 1.66. The van der Waals surface area contributed by atoms with Crippen LogP contribution in [0.5, 0.6) is 5.75 Å². The molecular weight excluding hydrogens is 378 g/mol. The number of amides is 2. The van der Waals surface area contributed by atoms with Crippen molar-refractivity contribution in [2.24, 2.45) is 0 Å². The third-order valence-corrected chi connectivity index (χ3v) is 4.62. The van der Waals surface area contributed by atoms with E-state index in [1.807, 2.05) is 44.2 Å². The van der Waals surface area contributed by atoms with Crippen molar-refractivity contribution >= 4 is 17.5 Å². The molecule has 2 N–H and O–H groups in total. The second-order valence-corrected chi connectivity index (χ2v) is 7.11. The van der Waals surface area contributed by atoms with Gasteiger partial charge in [0.15, 0.2) is 6.10 Å². The summed E-state index contributed by atoms with van der Waals surface area (Å²) in [6.07, 6.45) is 2.65. The number of rotatable bonds is 7. The van der Waals surface area contributed by atoms with Gasteiger partial charge in [0.05, 0.1) is 11.3 Å². The van der Waals surface area contributed by atoms with Crippen LogP contribution in [-0.4, -0.2) is 22.9 Å². The van der Waals surface area contributed by atoms with E-state index in [0.29, 0.717) is 23.5 Å². The van der Waals surface area contributed by atoms with Gasteiger partial charge in [0, 0.05) is 18.9 Å². The van der Waals surface area contributed by atoms with Crippen molar-refractivity contribution in [3.8, 4) is 5.75 Å². The zero-order valence-corrected chi connectivity index (χ0v) is 17.3. The number of ether oxygens (including phenoxy) is 1. The number of para-hydroxylation sites is 1. The van der Waals surface area contributed by atoms with Crippen LogP contribution in [-0.2, 0) is 11.3 Å². The van der Waals surface area contributed by atoms with Crippen LogP contribution in [0.15, 0.2) is 67.0 Å². The molecule has 6 heteroatoms. The van der Waals surface area contributed by atoms with Crippen molar-refractivity contribution in [2.45, 2.75) is 33.4 Å². The largest absolute Gasteiger partial charge is 0.481 e. The number of nitrogens with zero attached hydrogens (tertiary/aromatic N) is 1. The fourth-order valence-corrected chi connectivity index (χ4v) is 2.88. The lowest BCUT2D eigenvalue weighted by molar-refractivity contribution is -0.122. The minimum Gasteiger partial charge on any atom is -0.481 e. The maximum atomic E-state index is 12.7. The maximum Gasteiger partial charge on any atom is 0.265 e. The monoisotopic (exact) mass is 403 g/mol. The van der Waals surface area contributed by atoms with Gasteiger partial charge in [-0.25, -0.2) is 0 Å². The predicted octanol–water partition coefficient (Wildman–Crippen LogP) is 4.03. The molecule has 154 valence electrons. The molecule has 0 saturated heterocycles. The van der Waals surface area contributed by atoms with Crippen molar-refractivity contribution < 1.29 is 14.3 Å². The Morgan fingerprint density at radius 2 is 1.87 bits per heavy atom. The summed E-state index contributed by atoms with van der Waals surface area (Å²) < 4.78 is 5.85. The molecule has 0 saturated carbocycles. The summed E-state index contributed by atoms with van der Waals surface area (Å²) in [6, 6.07) is 16.4. The Morgan fingerprint density at radius 1 is 1.07 bits per heavy atom. The molecule has 0 aliphatic rings. The first-order valence-electron chi connectivity index (χ1n) is 9.75. The average Bonchev–Trinajstić information content (AvgIpc) is 2.75. The number of aromatic nitrogens is 1. The van der Waals surface area contributed by atoms with Crippen molar-refractivity contribution in [3.63, 3.8) is 0 Å². The summed E-state index contributed by atoms with van der Waals surface area (Å²) in [6.45, 7) is 5.93. The summed E-state index contributed by atoms with van der Waals surface area (Å²) in [5, 5.41) is 5.66. The molecule has 0 radical (unpaired) electrons. The third kappa shape index (κ3) is 5.44. The number of aryl methyl sites for hydroxylation is 2. The summed E-state index contributed by atoms with van der Waals surface area (Å²) in [5.41, 5.74) is 3.72. The van der Waals surface area contributed by atoms with Crippen molar-refractivity contribution in [1.29, 1.82) is 0 Å². The van der Waals surface area contributed by atoms with E-state index in [-0.39, 0.29) is 11.8 Å². The minimum absolute atomic E-state index is 0.280. The molecule has 3 aromatic rings. The highest BCUT2D eigenvalue weighted by molar-refractivity contribution is 6.04. The Bertz CT molecular complexity index is 1030. The normalized spacial score (nSPS) is 11.4. The summed E-state index contributed by atoms with van der Waals surface area (Å²) in [7, 11) is 0. The summed E-state index contributed by atoms with van der Waals surface area (Å²) in [4.78, 5) is 29.4. The zero-order chi connectivity index (χ0) is 21.5. The van der Waals surface area contributed by atoms with E-state index < -0.39 is 6.10 Å². The van der Waals surface area contributed by atoms with Gasteiger partial charge >= 0.3 is 0 Å². The van der Waals surface area contributed by atoms with Crippen LogP contribution in [0.1, 0.15) is 34.0 Å². The van der Waals surface area contributed by atoms with Crippen molar-refractivity contribution in [3.05, 3.63) is 89.2 Å². The van der Waals surface area contributed by atoms with Crippen LogP contribution in [0, 0.1) is 13.8 Å². The SMILES string of the molecule is Cc1ccc(C)c(O[C@@H](C)C(=O)Nc2ccccc2C(=O)NCc2cccnc2)c1. The average molecular weight is 403 g/mol. The molecule has 3 rings (SSSR count). The van der Waals surface area contributed by atoms with Crippen LogP contribution < -0.4 is 15.4 Å². The van der Waals surface area contributed by atoms with Crippen LogP contribution in [0.25, 0.3) is 0 Å². The fraction of sp³-hybridized carbons (Fsp3) is 0.208. The molecule has 0 fully saturated rings. The van der Waals surface area contributed by atoms with E-state index in [1.165, 1.54) is 0 Å². The molecule has 0 bridgehead atoms. The first-order valence-corrected chi connectivity index (χ1v) is 9.75. The van der Waals surface area contributed by atoms with Gasteiger partial charge in [-0.05, 0) is 61.7 Å². The molecule has 0 aliphatic heterocycles. The minimum atomic E-state index is -0.725. The van der Waals surface area contributed by atoms with Gasteiger partial charge in [-0.15, -0.1) is 0 Å². The molecule has 0 spiro atoms. The van der Waals surface area contributed by atoms with Crippen LogP contribution in [0.4, 0.5) is 5.69 Å². The van der Waals surface area contributed by atoms with Crippen LogP contribution >= 0.6 is 0 Å². The van der Waals surface area contributed by atoms with E-state index in [0.717, 1.165) is 16.7 Å². The van der Waals surface area contributed by atoms with E-state index in [2.05, 4.69) is 15.6 Å². The maximum absolute atomic E-state index is 12.7. The number of hydrogen-bond donors (Lipinski definition) is 2. The van der Waals surface area contributed by atoms with Gasteiger partial charge in [0.2, 0.25) is 0 Å². The van der Waals surface area contributed by atoms with Crippen molar-refractivity contribution in [2.75, 3.05) is 5.32 Å². The lowest BCUT2D eigenvalue weighted by Crippen LogP contribution is -2.32. The molecule has 1 aromatic heterocycles. The third-order valence-electron chi connectivity index (χ3n) is 4.62. The number of anilines is 1. The van der Waals surface area contributed by atoms with E-state index in [1.54, 1.807) is 43.6 Å². The van der Waals surface area contributed by atoms with Gasteiger partial charge < -0.3 is 15.4 Å². The smallest absolute Gasteiger partial charge is 0.265 e. The number of pyridine rings is 1. The Hall–Kier alpha value is -3.67. The zero-order valence-electron chi connectivity index (χ0n) is 17.3. The molecule has 2 aromatic carbocycles. The van der Waals surface area contributed by atoms with E-state index in [9.17, 15) is 9.59 Å². The van der Waals surface area contributed by atoms with E-state index >= 15 is 0 Å². The van der Waals surface area contributed by atoms with Crippen LogP contribution in [0.2, 0.25) is 0 Å². The lowest BCUT2D eigenvalue weighted by Gasteiger charge is -2.18. The first kappa shape index (κ1) is 21.0. The number of nitrogens with one attached hydrogen (secondary N) is 2. The molecule has 1 atom stereocenters. The van der Waals surface area contributed by atoms with Gasteiger partial charge in [-0.2, -0.15) is 0 Å². The number of carbonyl (C=O) groups is 2. The Labute approximate surface area is 176 Å². The van der Waals surface area contributed by atoms with Crippen LogP contribution in [0.3, 0.4) is 0 Å². The number of benzene rings is 2. The standard InChI is InChI=1S/C24H25N3O3/c1-16-10-11-17(2)22(13-16)30-18(3)23(28)27-21-9-5-4-8-20(21)24(29)26-15-19-7-6-12-25-14-19/h4-14,18H,15H2,1-3H3,(H,26,29)(H,27,28)/t18-/m0/s1. The molecule has 30 heavy (non-hydrogen) atoms. The van der Waals surface area contributed by atoms with Gasteiger partial charge in [-0.1, -0.05) is 30.3 Å². The number of hydrogen-bond acceptors (Lipinski definition) is 4. The molecular formula is C24H25N3O3. The molecule has 1 heterocycles. The fourth-order valence-electron chi connectivity index (χ4n) is 2.88. The molecule has 6 nitrogen and oxygen atoms in total. The van der Waals surface area contributed by atoms with Gasteiger partial charge in [0.25, 0.3) is 11.8 Å². The highest BCUT2D eigenvalue weighted by Gasteiger charge is 2.19. The first-order chi connectivity index (χ1) is 14.4. The second-order valence-electron chi connectivity index (χ2n) is 7.11. The molecule has 2 amide bonds. The van der Waals surface area contributed by atoms with Crippen molar-refractivity contribution in [1.82, 2.24) is 10.3 Å². The lowest BCUT2D eigenvalue weighted by atomic mass is 10.1. The molecule has 0 aliphatic carbocycles. The molecule has 0 unspecified atom stereocenters. The van der Waals surface area contributed by atoms with E-state index in [4.69, 9.17) is 4.74 Å². The topological polar surface area (TPSA) is 80.3 Å².